The predicted molar refractivity (Wildman–Crippen MR) is 409 cm³/mol. The van der Waals surface area contributed by atoms with Crippen molar-refractivity contribution in [1.82, 2.24) is 0 Å². The van der Waals surface area contributed by atoms with Crippen LogP contribution in [0.1, 0.15) is 427 Å². The summed E-state index contributed by atoms with van der Waals surface area (Å²) >= 11 is 0. The molecule has 100 heavy (non-hydrogen) atoms. The second-order valence-electron chi connectivity index (χ2n) is 30.1. The highest BCUT2D eigenvalue weighted by Gasteiger charge is 2.30. The summed E-state index contributed by atoms with van der Waals surface area (Å²) in [7, 11) is -9.91. The van der Waals surface area contributed by atoms with Crippen LogP contribution >= 0.6 is 15.6 Å². The monoisotopic (exact) mass is 1470 g/mol. The van der Waals surface area contributed by atoms with Gasteiger partial charge in [-0.05, 0) is 37.5 Å². The number of unbranched alkanes of at least 4 members (excludes halogenated alkanes) is 50. The molecule has 594 valence electrons. The van der Waals surface area contributed by atoms with Gasteiger partial charge in [-0.1, -0.05) is 375 Å². The Morgan fingerprint density at radius 3 is 0.680 bits per heavy atom. The minimum atomic E-state index is -4.96. The van der Waals surface area contributed by atoms with E-state index in [-0.39, 0.29) is 25.7 Å². The number of phosphoric ester groups is 2. The third-order valence-corrected chi connectivity index (χ3v) is 20.9. The maximum Gasteiger partial charge on any atom is 0.472 e. The number of carbonyl (C=O) groups excluding carboxylic acids is 4. The van der Waals surface area contributed by atoms with Crippen molar-refractivity contribution in [3.8, 4) is 0 Å². The van der Waals surface area contributed by atoms with Gasteiger partial charge >= 0.3 is 39.5 Å². The van der Waals surface area contributed by atoms with Crippen LogP contribution in [0.15, 0.2) is 0 Å². The molecule has 3 N–H and O–H groups in total. The fourth-order valence-electron chi connectivity index (χ4n) is 12.5. The molecule has 2 unspecified atom stereocenters. The molecule has 0 fully saturated rings. The summed E-state index contributed by atoms with van der Waals surface area (Å²) in [6.07, 6.45) is 62.6. The first-order valence-electron chi connectivity index (χ1n) is 42.0. The van der Waals surface area contributed by atoms with Gasteiger partial charge in [-0.25, -0.2) is 9.13 Å². The highest BCUT2D eigenvalue weighted by molar-refractivity contribution is 7.47. The Balaban J connectivity index is 5.19. The van der Waals surface area contributed by atoms with Crippen LogP contribution in [0.5, 0.6) is 0 Å². The molecule has 0 amide bonds. The van der Waals surface area contributed by atoms with Crippen molar-refractivity contribution in [2.24, 2.45) is 11.8 Å². The zero-order chi connectivity index (χ0) is 73.5. The number of aliphatic hydroxyl groups is 1. The Bertz CT molecular complexity index is 1920. The molecule has 0 rings (SSSR count). The third-order valence-electron chi connectivity index (χ3n) is 19.0. The molecule has 0 spiro atoms. The van der Waals surface area contributed by atoms with Gasteiger partial charge in [0.05, 0.1) is 26.4 Å². The third kappa shape index (κ3) is 74.3. The fraction of sp³-hybridized carbons (Fsp3) is 0.951. The summed E-state index contributed by atoms with van der Waals surface area (Å²) in [5, 5.41) is 10.6. The fourth-order valence-corrected chi connectivity index (χ4v) is 14.1. The number of carbonyl (C=O) groups is 4. The van der Waals surface area contributed by atoms with E-state index in [9.17, 15) is 43.2 Å². The van der Waals surface area contributed by atoms with E-state index >= 15 is 0 Å². The molecule has 0 aromatic carbocycles. The number of aliphatic hydroxyl groups excluding tert-OH is 1. The smallest absolute Gasteiger partial charge is 0.462 e. The van der Waals surface area contributed by atoms with Crippen molar-refractivity contribution in [3.05, 3.63) is 0 Å². The first-order chi connectivity index (χ1) is 48.4. The Morgan fingerprint density at radius 1 is 0.270 bits per heavy atom. The molecule has 0 radical (unpaired) electrons. The van der Waals surface area contributed by atoms with Crippen molar-refractivity contribution in [1.29, 1.82) is 0 Å². The molecule has 17 nitrogen and oxygen atoms in total. The topological polar surface area (TPSA) is 237 Å². The summed E-state index contributed by atoms with van der Waals surface area (Å²) in [4.78, 5) is 72.9. The molecule has 0 aromatic rings. The van der Waals surface area contributed by atoms with Gasteiger partial charge in [0.15, 0.2) is 12.2 Å². The quantitative estimate of drug-likeness (QED) is 0.0222. The Hall–Kier alpha value is -1.94. The maximum absolute atomic E-state index is 13.1. The highest BCUT2D eigenvalue weighted by atomic mass is 31.2. The Morgan fingerprint density at radius 2 is 0.460 bits per heavy atom. The van der Waals surface area contributed by atoms with E-state index in [4.69, 9.17) is 37.0 Å². The normalized spacial score (nSPS) is 13.9. The molecular formula is C81H158O17P2. The molecule has 0 aliphatic carbocycles. The Kier molecular flexibility index (Phi) is 71.2. The summed E-state index contributed by atoms with van der Waals surface area (Å²) in [5.74, 6) is -0.539. The van der Waals surface area contributed by atoms with Gasteiger partial charge in [0.1, 0.15) is 19.3 Å². The summed E-state index contributed by atoms with van der Waals surface area (Å²) in [6.45, 7) is 9.63. The molecule has 0 heterocycles. The highest BCUT2D eigenvalue weighted by Crippen LogP contribution is 2.45. The average molecular weight is 1470 g/mol. The van der Waals surface area contributed by atoms with E-state index in [1.165, 1.54) is 238 Å². The predicted octanol–water partition coefficient (Wildman–Crippen LogP) is 24.3. The average Bonchev–Trinajstić information content (AvgIpc) is 0.964. The minimum absolute atomic E-state index is 0.106. The SMILES string of the molecule is CCCCCCCCCCCCCCCCCCCCC(=O)OC[C@H](COP(=O)(O)OC[C@@H](O)COP(=O)(O)OC[C@@H](COC(=O)CCCCCCCCCC)OC(=O)CCCCCCCCCCCCC(C)C)OC(=O)CCCCCCCCCCCCCCCCCCCCC(C)C. The van der Waals surface area contributed by atoms with Crippen LogP contribution in [0.4, 0.5) is 0 Å². The first-order valence-corrected chi connectivity index (χ1v) is 45.0. The first kappa shape index (κ1) is 98.1. The number of phosphoric acid groups is 2. The van der Waals surface area contributed by atoms with E-state index in [0.29, 0.717) is 25.7 Å². The molecule has 5 atom stereocenters. The van der Waals surface area contributed by atoms with Crippen LogP contribution in [0, 0.1) is 11.8 Å². The molecule has 0 saturated heterocycles. The van der Waals surface area contributed by atoms with E-state index in [1.807, 2.05) is 0 Å². The van der Waals surface area contributed by atoms with Crippen LogP contribution in [-0.4, -0.2) is 96.7 Å². The number of hydrogen-bond acceptors (Lipinski definition) is 15. The minimum Gasteiger partial charge on any atom is -0.462 e. The lowest BCUT2D eigenvalue weighted by atomic mass is 10.0. The summed E-state index contributed by atoms with van der Waals surface area (Å²) < 4.78 is 68.6. The van der Waals surface area contributed by atoms with E-state index in [2.05, 4.69) is 41.5 Å². The lowest BCUT2D eigenvalue weighted by Crippen LogP contribution is -2.30. The van der Waals surface area contributed by atoms with E-state index < -0.39 is 97.5 Å². The van der Waals surface area contributed by atoms with Gasteiger partial charge < -0.3 is 33.8 Å². The van der Waals surface area contributed by atoms with Gasteiger partial charge in [-0.2, -0.15) is 0 Å². The summed E-state index contributed by atoms with van der Waals surface area (Å²) in [5.41, 5.74) is 0. The molecular weight excluding hydrogens is 1310 g/mol. The van der Waals surface area contributed by atoms with E-state index in [1.54, 1.807) is 0 Å². The number of hydrogen-bond donors (Lipinski definition) is 3. The zero-order valence-electron chi connectivity index (χ0n) is 65.5. The zero-order valence-corrected chi connectivity index (χ0v) is 67.3. The summed E-state index contributed by atoms with van der Waals surface area (Å²) in [6, 6.07) is 0. The van der Waals surface area contributed by atoms with Crippen molar-refractivity contribution in [2.75, 3.05) is 39.6 Å². The van der Waals surface area contributed by atoms with Gasteiger partial charge in [-0.15, -0.1) is 0 Å². The van der Waals surface area contributed by atoms with Crippen LogP contribution in [0.25, 0.3) is 0 Å². The van der Waals surface area contributed by atoms with Crippen LogP contribution in [0.3, 0.4) is 0 Å². The molecule has 19 heteroatoms. The van der Waals surface area contributed by atoms with Gasteiger partial charge in [-0.3, -0.25) is 37.3 Å². The molecule has 0 bridgehead atoms. The van der Waals surface area contributed by atoms with Crippen LogP contribution in [-0.2, 0) is 65.4 Å². The van der Waals surface area contributed by atoms with Crippen molar-refractivity contribution >= 4 is 39.5 Å². The Labute approximate surface area is 613 Å². The van der Waals surface area contributed by atoms with Gasteiger partial charge in [0.2, 0.25) is 0 Å². The van der Waals surface area contributed by atoms with Crippen molar-refractivity contribution in [2.45, 2.75) is 445 Å². The second-order valence-corrected chi connectivity index (χ2v) is 33.0. The number of rotatable bonds is 80. The maximum atomic E-state index is 13.1. The van der Waals surface area contributed by atoms with Crippen molar-refractivity contribution < 1.29 is 80.2 Å². The standard InChI is InChI=1S/C81H158O17P2/c1-7-9-11-13-15-17-18-19-20-21-25-28-31-34-40-46-52-58-64-79(84)92-70-77(98-80(85)65-59-53-47-41-35-32-29-26-23-22-24-27-30-33-38-43-49-55-61-73(3)4)72-96-100(89,90)94-68-75(82)67-93-99(87,88)95-71-76(69-91-78(83)63-57-51-45-16-14-12-10-8-2)97-81(86)66-60-54-48-42-37-36-39-44-50-56-62-74(5)6/h73-77,82H,7-72H2,1-6H3,(H,87,88)(H,89,90)/t75-,76+,77+/m0/s1. The largest absolute Gasteiger partial charge is 0.472 e. The van der Waals surface area contributed by atoms with E-state index in [0.717, 1.165) is 108 Å². The van der Waals surface area contributed by atoms with Gasteiger partial charge in [0, 0.05) is 25.7 Å². The van der Waals surface area contributed by atoms with Crippen LogP contribution in [0.2, 0.25) is 0 Å². The molecule has 0 aliphatic rings. The van der Waals surface area contributed by atoms with Crippen molar-refractivity contribution in [3.63, 3.8) is 0 Å². The molecule has 0 aromatic heterocycles. The van der Waals surface area contributed by atoms with Gasteiger partial charge in [0.25, 0.3) is 0 Å². The number of esters is 4. The second kappa shape index (κ2) is 72.6. The van der Waals surface area contributed by atoms with Crippen LogP contribution < -0.4 is 0 Å². The lowest BCUT2D eigenvalue weighted by Gasteiger charge is -2.21. The molecule has 0 aliphatic heterocycles. The lowest BCUT2D eigenvalue weighted by molar-refractivity contribution is -0.161. The number of ether oxygens (including phenoxy) is 4. The molecule has 0 saturated carbocycles.